The van der Waals surface area contributed by atoms with Crippen LogP contribution in [0.3, 0.4) is 0 Å². The van der Waals surface area contributed by atoms with Crippen LogP contribution in [0.1, 0.15) is 11.1 Å². The highest BCUT2D eigenvalue weighted by molar-refractivity contribution is 6.30. The summed E-state index contributed by atoms with van der Waals surface area (Å²) in [5, 5.41) is 13.7. The van der Waals surface area contributed by atoms with Gasteiger partial charge in [-0.1, -0.05) is 91.0 Å². The van der Waals surface area contributed by atoms with Crippen molar-refractivity contribution in [3.63, 3.8) is 0 Å². The lowest BCUT2D eigenvalue weighted by atomic mass is 9.93. The lowest BCUT2D eigenvalue weighted by Gasteiger charge is -2.11. The number of hydrogen-bond acceptors (Lipinski definition) is 2. The van der Waals surface area contributed by atoms with E-state index in [1.807, 2.05) is 30.3 Å². The zero-order chi connectivity index (χ0) is 26.4. The fourth-order valence-electron chi connectivity index (χ4n) is 6.65. The molecule has 0 atom stereocenters. The van der Waals surface area contributed by atoms with E-state index in [4.69, 9.17) is 9.83 Å². The normalized spacial score (nSPS) is 12.6. The van der Waals surface area contributed by atoms with Gasteiger partial charge in [-0.15, -0.1) is 0 Å². The highest BCUT2D eigenvalue weighted by atomic mass is 16.3. The van der Waals surface area contributed by atoms with Crippen molar-refractivity contribution in [3.8, 4) is 27.9 Å². The summed E-state index contributed by atoms with van der Waals surface area (Å²) in [5.41, 5.74) is 11.9. The topological polar surface area (TPSA) is 41.9 Å². The number of benzene rings is 6. The van der Waals surface area contributed by atoms with E-state index in [-0.39, 0.29) is 0 Å². The van der Waals surface area contributed by atoms with Gasteiger partial charge in [-0.25, -0.2) is 0 Å². The molecule has 40 heavy (non-hydrogen) atoms. The molecule has 3 nitrogen and oxygen atoms in total. The first-order valence-electron chi connectivity index (χ1n) is 13.5. The first-order chi connectivity index (χ1) is 19.8. The van der Waals surface area contributed by atoms with E-state index in [1.54, 1.807) is 0 Å². The summed E-state index contributed by atoms with van der Waals surface area (Å²) in [6.07, 6.45) is 0. The van der Waals surface area contributed by atoms with Crippen LogP contribution in [-0.2, 0) is 0 Å². The van der Waals surface area contributed by atoms with E-state index in [0.717, 1.165) is 66.5 Å². The van der Waals surface area contributed by atoms with Crippen molar-refractivity contribution in [1.29, 1.82) is 5.41 Å². The van der Waals surface area contributed by atoms with Crippen molar-refractivity contribution < 1.29 is 4.42 Å². The molecular weight excluding hydrogens is 488 g/mol. The van der Waals surface area contributed by atoms with E-state index < -0.39 is 0 Å². The van der Waals surface area contributed by atoms with Crippen LogP contribution in [0, 0.1) is 5.41 Å². The maximum absolute atomic E-state index is 9.09. The van der Waals surface area contributed by atoms with Crippen LogP contribution >= 0.6 is 0 Å². The molecule has 1 aliphatic carbocycles. The number of nitrogens with zero attached hydrogens (tertiary/aromatic N) is 1. The zero-order valence-electron chi connectivity index (χ0n) is 21.5. The van der Waals surface area contributed by atoms with Gasteiger partial charge in [0.1, 0.15) is 11.2 Å². The summed E-state index contributed by atoms with van der Waals surface area (Å²) in [6, 6.07) is 44.6. The molecule has 1 aliphatic rings. The molecule has 1 N–H and O–H groups in total. The summed E-state index contributed by atoms with van der Waals surface area (Å²) in [4.78, 5) is 0. The summed E-state index contributed by atoms with van der Waals surface area (Å²) in [7, 11) is 0. The largest absolute Gasteiger partial charge is 0.455 e. The standard InChI is InChI=1S/C37H22N2O/c38-36-27-14-5-4-13-26(27)34-30(36)21-29(35-28-15-7-9-17-33(28)40-37(34)35)22-18-19-25-24-12-6-8-16-31(24)39(32(25)20-22)23-10-2-1-3-11-23/h1-21,38H. The van der Waals surface area contributed by atoms with Gasteiger partial charge in [-0.2, -0.15) is 0 Å². The molecule has 0 saturated carbocycles. The van der Waals surface area contributed by atoms with Gasteiger partial charge in [-0.05, 0) is 53.1 Å². The third kappa shape index (κ3) is 2.76. The highest BCUT2D eigenvalue weighted by Crippen LogP contribution is 2.48. The number of nitrogens with one attached hydrogen (secondary N) is 1. The van der Waals surface area contributed by atoms with Crippen LogP contribution in [0.25, 0.3) is 71.7 Å². The predicted molar refractivity (Wildman–Crippen MR) is 165 cm³/mol. The van der Waals surface area contributed by atoms with Crippen LogP contribution in [-0.4, -0.2) is 10.3 Å². The fourth-order valence-corrected chi connectivity index (χ4v) is 6.65. The third-order valence-corrected chi connectivity index (χ3v) is 8.38. The summed E-state index contributed by atoms with van der Waals surface area (Å²) >= 11 is 0. The van der Waals surface area contributed by atoms with Crippen LogP contribution in [0.15, 0.2) is 132 Å². The SMILES string of the molecule is N=C1c2ccccc2-c2c1cc(-c1ccc3c4ccccc4n(-c4ccccc4)c3c1)c1c2oc2ccccc21. The molecule has 0 bridgehead atoms. The van der Waals surface area contributed by atoms with Gasteiger partial charge in [0, 0.05) is 43.9 Å². The maximum Gasteiger partial charge on any atom is 0.144 e. The average molecular weight is 511 g/mol. The van der Waals surface area contributed by atoms with E-state index in [1.165, 1.54) is 16.3 Å². The van der Waals surface area contributed by atoms with E-state index >= 15 is 0 Å². The van der Waals surface area contributed by atoms with Crippen molar-refractivity contribution in [3.05, 3.63) is 139 Å². The first-order valence-corrected chi connectivity index (χ1v) is 13.5. The van der Waals surface area contributed by atoms with Crippen molar-refractivity contribution in [2.45, 2.75) is 0 Å². The van der Waals surface area contributed by atoms with E-state index in [2.05, 4.69) is 102 Å². The van der Waals surface area contributed by atoms with Crippen LogP contribution in [0.4, 0.5) is 0 Å². The fraction of sp³-hybridized carbons (Fsp3) is 0. The molecule has 3 heteroatoms. The molecular formula is C37H22N2O. The van der Waals surface area contributed by atoms with Crippen LogP contribution in [0.5, 0.6) is 0 Å². The first kappa shape index (κ1) is 21.5. The Morgan fingerprint density at radius 2 is 1.23 bits per heavy atom. The highest BCUT2D eigenvalue weighted by Gasteiger charge is 2.30. The number of aromatic nitrogens is 1. The van der Waals surface area contributed by atoms with Gasteiger partial charge in [0.2, 0.25) is 0 Å². The van der Waals surface area contributed by atoms with Gasteiger partial charge in [0.15, 0.2) is 0 Å². The Morgan fingerprint density at radius 1 is 0.525 bits per heavy atom. The zero-order valence-corrected chi connectivity index (χ0v) is 21.5. The second-order valence-corrected chi connectivity index (χ2v) is 10.5. The number of rotatable bonds is 2. The Kier molecular flexibility index (Phi) is 4.20. The third-order valence-electron chi connectivity index (χ3n) is 8.38. The van der Waals surface area contributed by atoms with Crippen molar-refractivity contribution >= 4 is 49.5 Å². The maximum atomic E-state index is 9.09. The molecule has 8 aromatic rings. The van der Waals surface area contributed by atoms with Gasteiger partial charge in [-0.3, -0.25) is 5.41 Å². The van der Waals surface area contributed by atoms with Crippen LogP contribution in [0.2, 0.25) is 0 Å². The molecule has 0 unspecified atom stereocenters. The Labute approximate surface area is 230 Å². The van der Waals surface area contributed by atoms with E-state index in [9.17, 15) is 0 Å². The van der Waals surface area contributed by atoms with Crippen molar-refractivity contribution in [2.75, 3.05) is 0 Å². The summed E-state index contributed by atoms with van der Waals surface area (Å²) < 4.78 is 8.94. The van der Waals surface area contributed by atoms with E-state index in [0.29, 0.717) is 5.71 Å². The number of furan rings is 1. The van der Waals surface area contributed by atoms with Gasteiger partial charge in [0.05, 0.1) is 16.7 Å². The molecule has 0 radical (unpaired) electrons. The second kappa shape index (κ2) is 7.81. The quantitative estimate of drug-likeness (QED) is 0.247. The molecule has 2 heterocycles. The molecule has 0 saturated heterocycles. The molecule has 2 aromatic heterocycles. The van der Waals surface area contributed by atoms with Gasteiger partial charge < -0.3 is 8.98 Å². The summed E-state index contributed by atoms with van der Waals surface area (Å²) in [5.74, 6) is 0. The predicted octanol–water partition coefficient (Wildman–Crippen LogP) is 9.75. The molecule has 0 aliphatic heterocycles. The number of fused-ring (bicyclic) bond motifs is 10. The van der Waals surface area contributed by atoms with Crippen molar-refractivity contribution in [2.24, 2.45) is 0 Å². The lowest BCUT2D eigenvalue weighted by Crippen LogP contribution is -1.96. The number of hydrogen-bond donors (Lipinski definition) is 1. The average Bonchev–Trinajstić information content (AvgIpc) is 3.65. The molecule has 0 amide bonds. The molecule has 6 aromatic carbocycles. The molecule has 0 fully saturated rings. The summed E-state index contributed by atoms with van der Waals surface area (Å²) in [6.45, 7) is 0. The second-order valence-electron chi connectivity index (χ2n) is 10.5. The van der Waals surface area contributed by atoms with Gasteiger partial charge in [0.25, 0.3) is 0 Å². The Bertz CT molecular complexity index is 2340. The Morgan fingerprint density at radius 3 is 2.10 bits per heavy atom. The minimum absolute atomic E-state index is 0.550. The van der Waals surface area contributed by atoms with Gasteiger partial charge >= 0.3 is 0 Å². The monoisotopic (exact) mass is 510 g/mol. The minimum Gasteiger partial charge on any atom is -0.455 e. The molecule has 186 valence electrons. The Hall–Kier alpha value is -5.41. The number of para-hydroxylation sites is 3. The lowest BCUT2D eigenvalue weighted by molar-refractivity contribution is 0.670. The van der Waals surface area contributed by atoms with Crippen molar-refractivity contribution in [1.82, 2.24) is 4.57 Å². The molecule has 0 spiro atoms. The minimum atomic E-state index is 0.550. The van der Waals surface area contributed by atoms with Crippen LogP contribution < -0.4 is 0 Å². The Balaban J connectivity index is 1.41. The smallest absolute Gasteiger partial charge is 0.144 e. The molecule has 9 rings (SSSR count).